The van der Waals surface area contributed by atoms with E-state index >= 15 is 0 Å². The Morgan fingerprint density at radius 3 is 2.96 bits per heavy atom. The SMILES string of the molecule is C[C@@H](NC(=O)/C=C\c1ccc2c(c1)CCCN2C)c1nncn1C. The van der Waals surface area contributed by atoms with Gasteiger partial charge in [0.05, 0.1) is 6.04 Å². The molecule has 1 amide bonds. The van der Waals surface area contributed by atoms with Crippen molar-refractivity contribution < 1.29 is 4.79 Å². The molecule has 0 bridgehead atoms. The van der Waals surface area contributed by atoms with Crippen molar-refractivity contribution in [3.8, 4) is 0 Å². The van der Waals surface area contributed by atoms with Crippen molar-refractivity contribution >= 4 is 17.7 Å². The summed E-state index contributed by atoms with van der Waals surface area (Å²) >= 11 is 0. The second-order valence-electron chi connectivity index (χ2n) is 6.28. The number of carbonyl (C=O) groups excluding carboxylic acids is 1. The summed E-state index contributed by atoms with van der Waals surface area (Å²) in [4.78, 5) is 14.4. The Kier molecular flexibility index (Phi) is 4.64. The first-order chi connectivity index (χ1) is 11.5. The number of fused-ring (bicyclic) bond motifs is 1. The minimum atomic E-state index is -0.188. The molecule has 0 radical (unpaired) electrons. The summed E-state index contributed by atoms with van der Waals surface area (Å²) in [5.41, 5.74) is 3.68. The van der Waals surface area contributed by atoms with Gasteiger partial charge in [-0.05, 0) is 49.1 Å². The highest BCUT2D eigenvalue weighted by Crippen LogP contribution is 2.27. The van der Waals surface area contributed by atoms with Crippen LogP contribution in [0, 0.1) is 0 Å². The highest BCUT2D eigenvalue weighted by atomic mass is 16.1. The monoisotopic (exact) mass is 325 g/mol. The number of aryl methyl sites for hydroxylation is 2. The molecule has 2 aromatic rings. The number of hydrogen-bond acceptors (Lipinski definition) is 4. The van der Waals surface area contributed by atoms with E-state index in [1.807, 2.05) is 20.0 Å². The Bertz CT molecular complexity index is 765. The van der Waals surface area contributed by atoms with E-state index in [9.17, 15) is 4.79 Å². The van der Waals surface area contributed by atoms with E-state index in [0.717, 1.165) is 24.4 Å². The van der Waals surface area contributed by atoms with Gasteiger partial charge < -0.3 is 14.8 Å². The number of benzene rings is 1. The fraction of sp³-hybridized carbons (Fsp3) is 0.389. The summed E-state index contributed by atoms with van der Waals surface area (Å²) in [6, 6.07) is 6.16. The lowest BCUT2D eigenvalue weighted by Gasteiger charge is -2.27. The first kappa shape index (κ1) is 16.2. The van der Waals surface area contributed by atoms with E-state index in [1.54, 1.807) is 17.0 Å². The van der Waals surface area contributed by atoms with Gasteiger partial charge in [0.25, 0.3) is 0 Å². The zero-order chi connectivity index (χ0) is 17.1. The van der Waals surface area contributed by atoms with Gasteiger partial charge in [0.1, 0.15) is 6.33 Å². The minimum Gasteiger partial charge on any atom is -0.374 e. The van der Waals surface area contributed by atoms with E-state index in [1.165, 1.54) is 17.7 Å². The molecule has 24 heavy (non-hydrogen) atoms. The highest BCUT2D eigenvalue weighted by molar-refractivity contribution is 5.92. The van der Waals surface area contributed by atoms with Crippen LogP contribution in [0.25, 0.3) is 6.08 Å². The molecule has 3 rings (SSSR count). The zero-order valence-electron chi connectivity index (χ0n) is 14.4. The van der Waals surface area contributed by atoms with Crippen molar-refractivity contribution in [1.82, 2.24) is 20.1 Å². The van der Waals surface area contributed by atoms with Crippen molar-refractivity contribution in [2.24, 2.45) is 7.05 Å². The Hall–Kier alpha value is -2.63. The summed E-state index contributed by atoms with van der Waals surface area (Å²) in [6.45, 7) is 3.00. The van der Waals surface area contributed by atoms with Crippen LogP contribution in [-0.2, 0) is 18.3 Å². The van der Waals surface area contributed by atoms with Gasteiger partial charge in [-0.3, -0.25) is 4.79 Å². The standard InChI is InChI=1S/C18H23N5O/c1-13(18-21-19-12-23(18)3)20-17(24)9-7-14-6-8-16-15(11-14)5-4-10-22(16)2/h6-9,11-13H,4-5,10H2,1-3H3,(H,20,24)/b9-7-/t13-/m1/s1. The lowest BCUT2D eigenvalue weighted by Crippen LogP contribution is -2.26. The Labute approximate surface area is 142 Å². The quantitative estimate of drug-likeness (QED) is 0.874. The van der Waals surface area contributed by atoms with E-state index in [2.05, 4.69) is 45.7 Å². The number of nitrogens with zero attached hydrogens (tertiary/aromatic N) is 4. The molecule has 6 nitrogen and oxygen atoms in total. The molecule has 0 fully saturated rings. The lowest BCUT2D eigenvalue weighted by molar-refractivity contribution is -0.117. The maximum atomic E-state index is 12.1. The third-order valence-electron chi connectivity index (χ3n) is 4.37. The summed E-state index contributed by atoms with van der Waals surface area (Å²) < 4.78 is 1.80. The topological polar surface area (TPSA) is 63.1 Å². The molecule has 0 saturated heterocycles. The second kappa shape index (κ2) is 6.86. The van der Waals surface area contributed by atoms with Crippen molar-refractivity contribution in [3.05, 3.63) is 47.6 Å². The number of nitrogens with one attached hydrogen (secondary N) is 1. The molecule has 126 valence electrons. The van der Waals surface area contributed by atoms with Crippen molar-refractivity contribution in [1.29, 1.82) is 0 Å². The maximum absolute atomic E-state index is 12.1. The molecule has 0 saturated carbocycles. The average Bonchev–Trinajstić information content (AvgIpc) is 2.99. The Balaban J connectivity index is 1.65. The number of rotatable bonds is 4. The van der Waals surface area contributed by atoms with E-state index in [0.29, 0.717) is 0 Å². The smallest absolute Gasteiger partial charge is 0.244 e. The van der Waals surface area contributed by atoms with Gasteiger partial charge in [0.2, 0.25) is 5.91 Å². The lowest BCUT2D eigenvalue weighted by atomic mass is 9.99. The van der Waals surface area contributed by atoms with E-state index < -0.39 is 0 Å². The third-order valence-corrected chi connectivity index (χ3v) is 4.37. The first-order valence-corrected chi connectivity index (χ1v) is 8.21. The Morgan fingerprint density at radius 2 is 2.21 bits per heavy atom. The van der Waals surface area contributed by atoms with Gasteiger partial charge in [-0.2, -0.15) is 0 Å². The van der Waals surface area contributed by atoms with Crippen LogP contribution < -0.4 is 10.2 Å². The van der Waals surface area contributed by atoms with Crippen LogP contribution >= 0.6 is 0 Å². The molecule has 0 aliphatic carbocycles. The normalized spacial score (nSPS) is 15.4. The van der Waals surface area contributed by atoms with E-state index in [-0.39, 0.29) is 11.9 Å². The summed E-state index contributed by atoms with van der Waals surface area (Å²) in [7, 11) is 3.98. The van der Waals surface area contributed by atoms with Crippen LogP contribution in [0.4, 0.5) is 5.69 Å². The van der Waals surface area contributed by atoms with Gasteiger partial charge in [-0.25, -0.2) is 0 Å². The fourth-order valence-electron chi connectivity index (χ4n) is 3.09. The largest absolute Gasteiger partial charge is 0.374 e. The maximum Gasteiger partial charge on any atom is 0.244 e. The molecular weight excluding hydrogens is 302 g/mol. The summed E-state index contributed by atoms with van der Waals surface area (Å²) in [6.07, 6.45) is 7.32. The predicted molar refractivity (Wildman–Crippen MR) is 94.6 cm³/mol. The molecule has 1 aromatic heterocycles. The summed E-state index contributed by atoms with van der Waals surface area (Å²) in [5.74, 6) is 0.592. The molecule has 6 heteroatoms. The second-order valence-corrected chi connectivity index (χ2v) is 6.28. The highest BCUT2D eigenvalue weighted by Gasteiger charge is 2.14. The molecule has 2 heterocycles. The summed E-state index contributed by atoms with van der Waals surface area (Å²) in [5, 5.41) is 10.7. The number of hydrogen-bond donors (Lipinski definition) is 1. The minimum absolute atomic E-state index is 0.139. The van der Waals surface area contributed by atoms with Gasteiger partial charge in [-0.1, -0.05) is 6.07 Å². The van der Waals surface area contributed by atoms with Gasteiger partial charge >= 0.3 is 0 Å². The van der Waals surface area contributed by atoms with Crippen molar-refractivity contribution in [2.75, 3.05) is 18.5 Å². The molecule has 1 aliphatic heterocycles. The molecule has 1 atom stereocenters. The number of amides is 1. The number of carbonyl (C=O) groups is 1. The average molecular weight is 325 g/mol. The zero-order valence-corrected chi connectivity index (χ0v) is 14.4. The number of anilines is 1. The molecule has 0 unspecified atom stereocenters. The third kappa shape index (κ3) is 3.48. The van der Waals surface area contributed by atoms with Crippen LogP contribution in [0.15, 0.2) is 30.6 Å². The fourth-order valence-corrected chi connectivity index (χ4v) is 3.09. The predicted octanol–water partition coefficient (Wildman–Crippen LogP) is 2.09. The first-order valence-electron chi connectivity index (χ1n) is 8.21. The van der Waals surface area contributed by atoms with Crippen LogP contribution in [0.3, 0.4) is 0 Å². The van der Waals surface area contributed by atoms with Gasteiger partial charge in [-0.15, -0.1) is 10.2 Å². The van der Waals surface area contributed by atoms with Crippen LogP contribution in [0.2, 0.25) is 0 Å². The molecular formula is C18H23N5O. The molecule has 1 aromatic carbocycles. The van der Waals surface area contributed by atoms with Crippen molar-refractivity contribution in [3.63, 3.8) is 0 Å². The van der Waals surface area contributed by atoms with Gasteiger partial charge in [0, 0.05) is 32.4 Å². The van der Waals surface area contributed by atoms with E-state index in [4.69, 9.17) is 0 Å². The van der Waals surface area contributed by atoms with Gasteiger partial charge in [0.15, 0.2) is 5.82 Å². The molecule has 1 aliphatic rings. The van der Waals surface area contributed by atoms with Crippen molar-refractivity contribution in [2.45, 2.75) is 25.8 Å². The number of aromatic nitrogens is 3. The molecule has 0 spiro atoms. The van der Waals surface area contributed by atoms with Crippen LogP contribution in [0.1, 0.15) is 36.3 Å². The Morgan fingerprint density at radius 1 is 1.38 bits per heavy atom. The van der Waals surface area contributed by atoms with Crippen LogP contribution in [0.5, 0.6) is 0 Å². The van der Waals surface area contributed by atoms with Crippen LogP contribution in [-0.4, -0.2) is 34.3 Å². The molecule has 1 N–H and O–H groups in total.